The van der Waals surface area contributed by atoms with Crippen molar-refractivity contribution in [2.75, 3.05) is 11.9 Å². The highest BCUT2D eigenvalue weighted by Crippen LogP contribution is 2.55. The molecule has 0 bridgehead atoms. The molecule has 1 saturated heterocycles. The van der Waals surface area contributed by atoms with Gasteiger partial charge in [0.25, 0.3) is 0 Å². The van der Waals surface area contributed by atoms with E-state index in [1.165, 1.54) is 18.2 Å². The van der Waals surface area contributed by atoms with E-state index in [9.17, 15) is 9.18 Å². The number of benzene rings is 2. The Kier molecular flexibility index (Phi) is 4.92. The molecule has 2 heterocycles. The van der Waals surface area contributed by atoms with Gasteiger partial charge in [0.2, 0.25) is 5.91 Å². The van der Waals surface area contributed by atoms with E-state index in [4.69, 9.17) is 23.2 Å². The molecule has 3 nitrogen and oxygen atoms in total. The third kappa shape index (κ3) is 3.15. The second-order valence-electron chi connectivity index (χ2n) is 9.06. The standard InChI is InChI=1S/C22H22Cl2F2N2O/c1-21(2,3)9-18-22(12-7-16(25)15(24)8-17(12)28-20(22)29)13(10-27-18)11-5-4-6-14(23)19(11)26/h4-8,13,18,27H,9-10H2,1-3H3,(H,28,29)/t13-,18-,22-/m1/s1. The van der Waals surface area contributed by atoms with Gasteiger partial charge in [-0.25, -0.2) is 8.78 Å². The average Bonchev–Trinajstić information content (AvgIpc) is 3.10. The van der Waals surface area contributed by atoms with Gasteiger partial charge in [0.05, 0.1) is 15.5 Å². The Hall–Kier alpha value is -1.69. The summed E-state index contributed by atoms with van der Waals surface area (Å²) in [7, 11) is 0. The van der Waals surface area contributed by atoms with Gasteiger partial charge < -0.3 is 10.6 Å². The van der Waals surface area contributed by atoms with Crippen LogP contribution >= 0.6 is 23.2 Å². The molecule has 4 rings (SSSR count). The lowest BCUT2D eigenvalue weighted by Gasteiger charge is -2.37. The first-order chi connectivity index (χ1) is 13.6. The van der Waals surface area contributed by atoms with E-state index in [1.54, 1.807) is 12.1 Å². The zero-order valence-corrected chi connectivity index (χ0v) is 17.9. The van der Waals surface area contributed by atoms with E-state index in [2.05, 4.69) is 31.4 Å². The van der Waals surface area contributed by atoms with Crippen molar-refractivity contribution in [2.45, 2.75) is 44.6 Å². The summed E-state index contributed by atoms with van der Waals surface area (Å²) < 4.78 is 29.5. The van der Waals surface area contributed by atoms with E-state index >= 15 is 4.39 Å². The quantitative estimate of drug-likeness (QED) is 0.635. The molecule has 2 aromatic carbocycles. The Bertz CT molecular complexity index is 1010. The summed E-state index contributed by atoms with van der Waals surface area (Å²) in [5.41, 5.74) is 0.0456. The maximum atomic E-state index is 15.0. The van der Waals surface area contributed by atoms with Crippen molar-refractivity contribution in [1.82, 2.24) is 5.32 Å². The maximum absolute atomic E-state index is 15.0. The van der Waals surface area contributed by atoms with Gasteiger partial charge in [-0.2, -0.15) is 0 Å². The van der Waals surface area contributed by atoms with Gasteiger partial charge in [0.15, 0.2) is 0 Å². The summed E-state index contributed by atoms with van der Waals surface area (Å²) >= 11 is 12.0. The topological polar surface area (TPSA) is 41.1 Å². The van der Waals surface area contributed by atoms with E-state index in [0.29, 0.717) is 29.8 Å². The van der Waals surface area contributed by atoms with Crippen LogP contribution in [0.15, 0.2) is 30.3 Å². The minimum atomic E-state index is -1.17. The number of nitrogens with one attached hydrogen (secondary N) is 2. The van der Waals surface area contributed by atoms with Gasteiger partial charge in [0, 0.05) is 24.2 Å². The zero-order valence-electron chi connectivity index (χ0n) is 16.4. The zero-order chi connectivity index (χ0) is 21.1. The van der Waals surface area contributed by atoms with Gasteiger partial charge in [-0.1, -0.05) is 56.1 Å². The molecule has 2 N–H and O–H groups in total. The van der Waals surface area contributed by atoms with Crippen molar-refractivity contribution in [1.29, 1.82) is 0 Å². The fraction of sp³-hybridized carbons (Fsp3) is 0.409. The number of halogens is 4. The third-order valence-corrected chi connectivity index (χ3v) is 6.55. The molecule has 2 aliphatic rings. The molecule has 1 spiro atoms. The fourth-order valence-electron chi connectivity index (χ4n) is 4.85. The van der Waals surface area contributed by atoms with Gasteiger partial charge >= 0.3 is 0 Å². The third-order valence-electron chi connectivity index (χ3n) is 5.97. The van der Waals surface area contributed by atoms with Crippen LogP contribution < -0.4 is 10.6 Å². The molecular weight excluding hydrogens is 417 g/mol. The van der Waals surface area contributed by atoms with Crippen LogP contribution in [-0.4, -0.2) is 18.5 Å². The second kappa shape index (κ2) is 6.93. The monoisotopic (exact) mass is 438 g/mol. The van der Waals surface area contributed by atoms with E-state index < -0.39 is 23.0 Å². The highest BCUT2D eigenvalue weighted by atomic mass is 35.5. The summed E-state index contributed by atoms with van der Waals surface area (Å²) in [5.74, 6) is -1.98. The van der Waals surface area contributed by atoms with E-state index in [0.717, 1.165) is 0 Å². The Labute approximate surface area is 178 Å². The highest BCUT2D eigenvalue weighted by Gasteiger charge is 2.61. The number of amides is 1. The molecule has 1 amide bonds. The van der Waals surface area contributed by atoms with Crippen LogP contribution in [0.25, 0.3) is 0 Å². The van der Waals surface area contributed by atoms with Gasteiger partial charge in [-0.15, -0.1) is 0 Å². The lowest BCUT2D eigenvalue weighted by atomic mass is 9.64. The van der Waals surface area contributed by atoms with Crippen LogP contribution in [0.3, 0.4) is 0 Å². The highest BCUT2D eigenvalue weighted by molar-refractivity contribution is 6.31. The lowest BCUT2D eigenvalue weighted by molar-refractivity contribution is -0.121. The molecule has 7 heteroatoms. The van der Waals surface area contributed by atoms with Crippen molar-refractivity contribution < 1.29 is 13.6 Å². The Balaban J connectivity index is 1.97. The molecule has 0 unspecified atom stereocenters. The van der Waals surface area contributed by atoms with Crippen LogP contribution in [0.2, 0.25) is 10.0 Å². The van der Waals surface area contributed by atoms with Crippen molar-refractivity contribution >= 4 is 34.8 Å². The van der Waals surface area contributed by atoms with Crippen LogP contribution in [-0.2, 0) is 10.2 Å². The second-order valence-corrected chi connectivity index (χ2v) is 9.87. The van der Waals surface area contributed by atoms with Gasteiger partial charge in [0.1, 0.15) is 11.6 Å². The Morgan fingerprint density at radius 3 is 2.59 bits per heavy atom. The first kappa shape index (κ1) is 20.6. The average molecular weight is 439 g/mol. The number of fused-ring (bicyclic) bond motifs is 2. The first-order valence-electron chi connectivity index (χ1n) is 9.54. The molecule has 0 aromatic heterocycles. The summed E-state index contributed by atoms with van der Waals surface area (Å²) in [6, 6.07) is 7.22. The van der Waals surface area contributed by atoms with Gasteiger partial charge in [-0.3, -0.25) is 4.79 Å². The normalized spacial score (nSPS) is 26.1. The molecule has 2 aliphatic heterocycles. The number of hydrogen-bond acceptors (Lipinski definition) is 2. The number of carbonyl (C=O) groups is 1. The fourth-order valence-corrected chi connectivity index (χ4v) is 5.19. The number of hydrogen-bond donors (Lipinski definition) is 2. The summed E-state index contributed by atoms with van der Waals surface area (Å²) in [5, 5.41) is 6.22. The molecule has 154 valence electrons. The molecule has 0 aliphatic carbocycles. The summed E-state index contributed by atoms with van der Waals surface area (Å²) in [4.78, 5) is 13.5. The van der Waals surface area contributed by atoms with E-state index in [-0.39, 0.29) is 27.4 Å². The minimum Gasteiger partial charge on any atom is -0.325 e. The van der Waals surface area contributed by atoms with Crippen molar-refractivity contribution in [3.63, 3.8) is 0 Å². The SMILES string of the molecule is CC(C)(C)C[C@H]1NC[C@H](c2cccc(Cl)c2F)[C@@]12C(=O)Nc1cc(Cl)c(F)cc12. The molecular formula is C22H22Cl2F2N2O. The van der Waals surface area contributed by atoms with Gasteiger partial charge in [-0.05, 0) is 41.2 Å². The maximum Gasteiger partial charge on any atom is 0.237 e. The molecule has 0 saturated carbocycles. The predicted molar refractivity (Wildman–Crippen MR) is 112 cm³/mol. The molecule has 29 heavy (non-hydrogen) atoms. The minimum absolute atomic E-state index is 0.00200. The molecule has 0 radical (unpaired) electrons. The Morgan fingerprint density at radius 1 is 1.17 bits per heavy atom. The van der Waals surface area contributed by atoms with Crippen LogP contribution in [0.4, 0.5) is 14.5 Å². The van der Waals surface area contributed by atoms with Crippen molar-refractivity contribution in [3.05, 3.63) is 63.1 Å². The smallest absolute Gasteiger partial charge is 0.237 e. The molecule has 2 aromatic rings. The molecule has 1 fully saturated rings. The first-order valence-corrected chi connectivity index (χ1v) is 10.3. The number of carbonyl (C=O) groups excluding carboxylic acids is 1. The summed E-state index contributed by atoms with van der Waals surface area (Å²) in [6.07, 6.45) is 0.642. The van der Waals surface area contributed by atoms with E-state index in [1.807, 2.05) is 0 Å². The predicted octanol–water partition coefficient (Wildman–Crippen LogP) is 5.65. The largest absolute Gasteiger partial charge is 0.325 e. The van der Waals surface area contributed by atoms with Crippen molar-refractivity contribution in [3.8, 4) is 0 Å². The molecule has 3 atom stereocenters. The summed E-state index contributed by atoms with van der Waals surface area (Å²) in [6.45, 7) is 6.60. The van der Waals surface area contributed by atoms with Crippen LogP contribution in [0, 0.1) is 17.0 Å². The van der Waals surface area contributed by atoms with Crippen LogP contribution in [0.1, 0.15) is 44.2 Å². The van der Waals surface area contributed by atoms with Crippen molar-refractivity contribution in [2.24, 2.45) is 5.41 Å². The number of anilines is 1. The Morgan fingerprint density at radius 2 is 1.90 bits per heavy atom. The lowest BCUT2D eigenvalue weighted by Crippen LogP contribution is -2.49. The van der Waals surface area contributed by atoms with Crippen LogP contribution in [0.5, 0.6) is 0 Å². The number of rotatable bonds is 2.